The lowest BCUT2D eigenvalue weighted by Gasteiger charge is -2.34. The normalized spacial score (nSPS) is 17.6. The van der Waals surface area contributed by atoms with Gasteiger partial charge in [0.1, 0.15) is 0 Å². The number of benzene rings is 1. The molecule has 1 saturated heterocycles. The van der Waals surface area contributed by atoms with Gasteiger partial charge in [-0.05, 0) is 24.0 Å². The van der Waals surface area contributed by atoms with Gasteiger partial charge in [-0.1, -0.05) is 38.1 Å². The SMILES string of the molecule is COCC(C)NC(=O)CN1CCN(Cc2ccc(C(C)C)cc2)CC1. The first-order chi connectivity index (χ1) is 12.0. The van der Waals surface area contributed by atoms with E-state index in [-0.39, 0.29) is 11.9 Å². The molecule has 140 valence electrons. The number of amides is 1. The first-order valence-electron chi connectivity index (χ1n) is 9.29. The smallest absolute Gasteiger partial charge is 0.234 e. The fourth-order valence-corrected chi connectivity index (χ4v) is 3.19. The molecular formula is C20H33N3O2. The number of rotatable bonds is 8. The number of carbonyl (C=O) groups excluding carboxylic acids is 1. The number of hydrogen-bond acceptors (Lipinski definition) is 4. The molecule has 0 spiro atoms. The summed E-state index contributed by atoms with van der Waals surface area (Å²) in [7, 11) is 1.65. The topological polar surface area (TPSA) is 44.8 Å². The van der Waals surface area contributed by atoms with Crippen LogP contribution in [-0.2, 0) is 16.1 Å². The van der Waals surface area contributed by atoms with Gasteiger partial charge in [0.25, 0.3) is 0 Å². The van der Waals surface area contributed by atoms with E-state index >= 15 is 0 Å². The van der Waals surface area contributed by atoms with E-state index < -0.39 is 0 Å². The molecule has 5 heteroatoms. The lowest BCUT2D eigenvalue weighted by molar-refractivity contribution is -0.123. The minimum atomic E-state index is 0.0626. The van der Waals surface area contributed by atoms with E-state index in [1.807, 2.05) is 6.92 Å². The van der Waals surface area contributed by atoms with Crippen LogP contribution >= 0.6 is 0 Å². The predicted molar refractivity (Wildman–Crippen MR) is 102 cm³/mol. The molecule has 0 saturated carbocycles. The summed E-state index contributed by atoms with van der Waals surface area (Å²) in [5, 5.41) is 2.97. The van der Waals surface area contributed by atoms with Crippen molar-refractivity contribution in [1.82, 2.24) is 15.1 Å². The van der Waals surface area contributed by atoms with Gasteiger partial charge in [0, 0.05) is 45.9 Å². The molecule has 1 heterocycles. The predicted octanol–water partition coefficient (Wildman–Crippen LogP) is 2.08. The number of piperazine rings is 1. The van der Waals surface area contributed by atoms with Crippen molar-refractivity contribution in [3.63, 3.8) is 0 Å². The quantitative estimate of drug-likeness (QED) is 0.782. The number of nitrogens with zero attached hydrogens (tertiary/aromatic N) is 2. The molecule has 1 aliphatic heterocycles. The minimum absolute atomic E-state index is 0.0626. The van der Waals surface area contributed by atoms with Crippen LogP contribution in [0.25, 0.3) is 0 Å². The molecule has 2 rings (SSSR count). The minimum Gasteiger partial charge on any atom is -0.383 e. The Morgan fingerprint density at radius 2 is 1.68 bits per heavy atom. The molecule has 0 radical (unpaired) electrons. The van der Waals surface area contributed by atoms with Crippen molar-refractivity contribution in [2.24, 2.45) is 0 Å². The Balaban J connectivity index is 1.71. The first kappa shape index (κ1) is 19.9. The summed E-state index contributed by atoms with van der Waals surface area (Å²) in [6, 6.07) is 9.02. The maximum Gasteiger partial charge on any atom is 0.234 e. The van der Waals surface area contributed by atoms with E-state index in [4.69, 9.17) is 4.74 Å². The maximum absolute atomic E-state index is 12.0. The van der Waals surface area contributed by atoms with Crippen LogP contribution in [0.2, 0.25) is 0 Å². The van der Waals surface area contributed by atoms with Crippen molar-refractivity contribution in [3.05, 3.63) is 35.4 Å². The molecule has 25 heavy (non-hydrogen) atoms. The van der Waals surface area contributed by atoms with Crippen molar-refractivity contribution in [3.8, 4) is 0 Å². The van der Waals surface area contributed by atoms with E-state index in [1.165, 1.54) is 11.1 Å². The Morgan fingerprint density at radius 1 is 1.08 bits per heavy atom. The molecule has 5 nitrogen and oxygen atoms in total. The average Bonchev–Trinajstić information content (AvgIpc) is 2.57. The highest BCUT2D eigenvalue weighted by atomic mass is 16.5. The average molecular weight is 348 g/mol. The van der Waals surface area contributed by atoms with Gasteiger partial charge >= 0.3 is 0 Å². The third kappa shape index (κ3) is 6.77. The van der Waals surface area contributed by atoms with Gasteiger partial charge in [0.15, 0.2) is 0 Å². The molecule has 1 amide bonds. The van der Waals surface area contributed by atoms with Crippen molar-refractivity contribution in [2.75, 3.05) is 46.4 Å². The van der Waals surface area contributed by atoms with Crippen LogP contribution in [0.1, 0.15) is 37.8 Å². The second-order valence-electron chi connectivity index (χ2n) is 7.37. The molecule has 0 aliphatic carbocycles. The Morgan fingerprint density at radius 3 is 2.24 bits per heavy atom. The second-order valence-corrected chi connectivity index (χ2v) is 7.37. The Labute approximate surface area is 152 Å². The van der Waals surface area contributed by atoms with E-state index in [1.54, 1.807) is 7.11 Å². The van der Waals surface area contributed by atoms with Crippen LogP contribution in [0, 0.1) is 0 Å². The van der Waals surface area contributed by atoms with Crippen LogP contribution in [0.5, 0.6) is 0 Å². The van der Waals surface area contributed by atoms with Crippen LogP contribution in [-0.4, -0.2) is 68.2 Å². The molecular weight excluding hydrogens is 314 g/mol. The summed E-state index contributed by atoms with van der Waals surface area (Å²) in [6.07, 6.45) is 0. The summed E-state index contributed by atoms with van der Waals surface area (Å²) < 4.78 is 5.05. The zero-order valence-corrected chi connectivity index (χ0v) is 16.1. The number of carbonyl (C=O) groups is 1. The maximum atomic E-state index is 12.0. The van der Waals surface area contributed by atoms with Crippen LogP contribution in [0.4, 0.5) is 0 Å². The number of methoxy groups -OCH3 is 1. The number of nitrogens with one attached hydrogen (secondary N) is 1. The van der Waals surface area contributed by atoms with Gasteiger partial charge in [0.05, 0.1) is 13.2 Å². The highest BCUT2D eigenvalue weighted by Crippen LogP contribution is 2.16. The highest BCUT2D eigenvalue weighted by molar-refractivity contribution is 5.78. The third-order valence-electron chi connectivity index (χ3n) is 4.71. The Kier molecular flexibility index (Phi) is 7.88. The molecule has 1 N–H and O–H groups in total. The van der Waals surface area contributed by atoms with E-state index in [2.05, 4.69) is 53.2 Å². The molecule has 1 atom stereocenters. The van der Waals surface area contributed by atoms with Crippen molar-refractivity contribution in [2.45, 2.75) is 39.3 Å². The van der Waals surface area contributed by atoms with Gasteiger partial charge in [-0.25, -0.2) is 0 Å². The van der Waals surface area contributed by atoms with Gasteiger partial charge in [-0.2, -0.15) is 0 Å². The molecule has 0 aromatic heterocycles. The molecule has 0 bridgehead atoms. The van der Waals surface area contributed by atoms with Gasteiger partial charge in [-0.15, -0.1) is 0 Å². The molecule has 1 unspecified atom stereocenters. The number of hydrogen-bond donors (Lipinski definition) is 1. The van der Waals surface area contributed by atoms with Crippen molar-refractivity contribution in [1.29, 1.82) is 0 Å². The fraction of sp³-hybridized carbons (Fsp3) is 0.650. The van der Waals surface area contributed by atoms with E-state index in [0.29, 0.717) is 19.1 Å². The fourth-order valence-electron chi connectivity index (χ4n) is 3.19. The molecule has 1 aliphatic rings. The van der Waals surface area contributed by atoms with Crippen LogP contribution < -0.4 is 5.32 Å². The summed E-state index contributed by atoms with van der Waals surface area (Å²) in [6.45, 7) is 12.3. The molecule has 1 fully saturated rings. The molecule has 1 aromatic rings. The largest absolute Gasteiger partial charge is 0.383 e. The van der Waals surface area contributed by atoms with Crippen LogP contribution in [0.3, 0.4) is 0 Å². The van der Waals surface area contributed by atoms with Crippen molar-refractivity contribution < 1.29 is 9.53 Å². The van der Waals surface area contributed by atoms with Gasteiger partial charge < -0.3 is 10.1 Å². The summed E-state index contributed by atoms with van der Waals surface area (Å²) >= 11 is 0. The number of ether oxygens (including phenoxy) is 1. The monoisotopic (exact) mass is 347 g/mol. The molecule has 1 aromatic carbocycles. The lowest BCUT2D eigenvalue weighted by atomic mass is 10.0. The standard InChI is InChI=1S/C20H33N3O2/c1-16(2)19-7-5-18(6-8-19)13-22-9-11-23(12-10-22)14-20(24)21-17(3)15-25-4/h5-8,16-17H,9-15H2,1-4H3,(H,21,24). The Hall–Kier alpha value is -1.43. The van der Waals surface area contributed by atoms with Gasteiger partial charge in [0.2, 0.25) is 5.91 Å². The summed E-state index contributed by atoms with van der Waals surface area (Å²) in [5.74, 6) is 0.664. The zero-order chi connectivity index (χ0) is 18.2. The third-order valence-corrected chi connectivity index (χ3v) is 4.71. The highest BCUT2D eigenvalue weighted by Gasteiger charge is 2.19. The van der Waals surface area contributed by atoms with E-state index in [0.717, 1.165) is 32.7 Å². The van der Waals surface area contributed by atoms with E-state index in [9.17, 15) is 4.79 Å². The van der Waals surface area contributed by atoms with Crippen LogP contribution in [0.15, 0.2) is 24.3 Å². The summed E-state index contributed by atoms with van der Waals surface area (Å²) in [4.78, 5) is 16.7. The first-order valence-corrected chi connectivity index (χ1v) is 9.29. The zero-order valence-electron chi connectivity index (χ0n) is 16.1. The lowest BCUT2D eigenvalue weighted by Crippen LogP contribution is -2.50. The van der Waals surface area contributed by atoms with Gasteiger partial charge in [-0.3, -0.25) is 14.6 Å². The summed E-state index contributed by atoms with van der Waals surface area (Å²) in [5.41, 5.74) is 2.76. The van der Waals surface area contributed by atoms with Crippen molar-refractivity contribution >= 4 is 5.91 Å². The Bertz CT molecular complexity index is 522. The second kappa shape index (κ2) is 9.90.